The molecule has 0 amide bonds. The van der Waals surface area contributed by atoms with Gasteiger partial charge in [0, 0.05) is 24.7 Å². The zero-order chi connectivity index (χ0) is 19.8. The fraction of sp³-hybridized carbons (Fsp3) is 0.391. The Kier molecular flexibility index (Phi) is 7.05. The van der Waals surface area contributed by atoms with Gasteiger partial charge in [0.05, 0.1) is 25.9 Å². The number of rotatable bonds is 7. The van der Waals surface area contributed by atoms with Crippen molar-refractivity contribution in [1.29, 1.82) is 5.26 Å². The van der Waals surface area contributed by atoms with Gasteiger partial charge in [-0.3, -0.25) is 4.79 Å². The van der Waals surface area contributed by atoms with Crippen LogP contribution >= 0.6 is 0 Å². The standard InChI is InChI=1S/C23H26N2O3/c1-2-28-23(26)22(17-24)21(19-6-4-3-5-7-19)16-18-8-10-20(11-9-18)25-12-14-27-15-13-25/h3-11,21-22H,2,12-16H2,1H3. The summed E-state index contributed by atoms with van der Waals surface area (Å²) in [4.78, 5) is 14.7. The van der Waals surface area contributed by atoms with Crippen LogP contribution in [0.1, 0.15) is 24.0 Å². The van der Waals surface area contributed by atoms with Crippen molar-refractivity contribution >= 4 is 11.7 Å². The first kappa shape index (κ1) is 19.9. The van der Waals surface area contributed by atoms with Crippen LogP contribution in [0.4, 0.5) is 5.69 Å². The molecule has 1 aliphatic heterocycles. The van der Waals surface area contributed by atoms with Crippen molar-refractivity contribution in [2.75, 3.05) is 37.8 Å². The number of hydrogen-bond donors (Lipinski definition) is 0. The summed E-state index contributed by atoms with van der Waals surface area (Å²) in [5.41, 5.74) is 3.24. The number of carbonyl (C=O) groups excluding carboxylic acids is 1. The summed E-state index contributed by atoms with van der Waals surface area (Å²) >= 11 is 0. The fourth-order valence-electron chi connectivity index (χ4n) is 3.59. The Morgan fingerprint density at radius 2 is 1.82 bits per heavy atom. The number of benzene rings is 2. The Labute approximate surface area is 166 Å². The Balaban J connectivity index is 1.81. The molecule has 5 heteroatoms. The highest BCUT2D eigenvalue weighted by molar-refractivity contribution is 5.76. The van der Waals surface area contributed by atoms with E-state index in [2.05, 4.69) is 35.2 Å². The molecule has 0 bridgehead atoms. The maximum atomic E-state index is 12.4. The predicted molar refractivity (Wildman–Crippen MR) is 108 cm³/mol. The van der Waals surface area contributed by atoms with E-state index in [9.17, 15) is 10.1 Å². The van der Waals surface area contributed by atoms with E-state index < -0.39 is 11.9 Å². The first-order valence-electron chi connectivity index (χ1n) is 9.75. The number of anilines is 1. The molecule has 0 aromatic heterocycles. The second kappa shape index (κ2) is 9.91. The van der Waals surface area contributed by atoms with Gasteiger partial charge in [0.25, 0.3) is 0 Å². The third kappa shape index (κ3) is 4.90. The summed E-state index contributed by atoms with van der Waals surface area (Å²) in [5.74, 6) is -1.54. The summed E-state index contributed by atoms with van der Waals surface area (Å²) in [7, 11) is 0. The Bertz CT molecular complexity index is 793. The van der Waals surface area contributed by atoms with Crippen molar-refractivity contribution < 1.29 is 14.3 Å². The van der Waals surface area contributed by atoms with Gasteiger partial charge in [-0.1, -0.05) is 42.5 Å². The molecule has 0 aliphatic carbocycles. The van der Waals surface area contributed by atoms with Crippen LogP contribution in [-0.4, -0.2) is 38.9 Å². The molecule has 0 spiro atoms. The second-order valence-electron chi connectivity index (χ2n) is 6.85. The Hall–Kier alpha value is -2.84. The van der Waals surface area contributed by atoms with Crippen molar-refractivity contribution in [3.05, 3.63) is 65.7 Å². The van der Waals surface area contributed by atoms with Gasteiger partial charge in [-0.05, 0) is 36.6 Å². The molecular weight excluding hydrogens is 352 g/mol. The van der Waals surface area contributed by atoms with Crippen molar-refractivity contribution in [2.24, 2.45) is 5.92 Å². The third-order valence-electron chi connectivity index (χ3n) is 5.08. The molecule has 5 nitrogen and oxygen atoms in total. The molecule has 1 saturated heterocycles. The van der Waals surface area contributed by atoms with Gasteiger partial charge in [-0.15, -0.1) is 0 Å². The molecule has 0 saturated carbocycles. The summed E-state index contributed by atoms with van der Waals surface area (Å²) < 4.78 is 10.6. The molecule has 2 aromatic carbocycles. The lowest BCUT2D eigenvalue weighted by Gasteiger charge is -2.29. The number of esters is 1. The lowest BCUT2D eigenvalue weighted by atomic mass is 9.82. The van der Waals surface area contributed by atoms with Gasteiger partial charge in [-0.25, -0.2) is 0 Å². The van der Waals surface area contributed by atoms with Crippen LogP contribution in [0.25, 0.3) is 0 Å². The lowest BCUT2D eigenvalue weighted by molar-refractivity contribution is -0.146. The van der Waals surface area contributed by atoms with E-state index in [4.69, 9.17) is 9.47 Å². The normalized spacial score (nSPS) is 16.1. The zero-order valence-electron chi connectivity index (χ0n) is 16.2. The summed E-state index contributed by atoms with van der Waals surface area (Å²) in [6, 6.07) is 20.3. The van der Waals surface area contributed by atoms with Gasteiger partial charge in [0.2, 0.25) is 0 Å². The largest absolute Gasteiger partial charge is 0.465 e. The maximum Gasteiger partial charge on any atom is 0.323 e. The second-order valence-corrected chi connectivity index (χ2v) is 6.85. The number of carbonyl (C=O) groups is 1. The third-order valence-corrected chi connectivity index (χ3v) is 5.08. The zero-order valence-corrected chi connectivity index (χ0v) is 16.2. The minimum Gasteiger partial charge on any atom is -0.465 e. The highest BCUT2D eigenvalue weighted by atomic mass is 16.5. The number of ether oxygens (including phenoxy) is 2. The van der Waals surface area contributed by atoms with Crippen LogP contribution < -0.4 is 4.90 Å². The van der Waals surface area contributed by atoms with Gasteiger partial charge < -0.3 is 14.4 Å². The summed E-state index contributed by atoms with van der Waals surface area (Å²) in [5, 5.41) is 9.68. The average Bonchev–Trinajstić information content (AvgIpc) is 2.75. The molecule has 28 heavy (non-hydrogen) atoms. The first-order valence-corrected chi connectivity index (χ1v) is 9.75. The number of hydrogen-bond acceptors (Lipinski definition) is 5. The molecule has 0 radical (unpaired) electrons. The molecule has 1 heterocycles. The van der Waals surface area contributed by atoms with E-state index in [1.807, 2.05) is 30.3 Å². The SMILES string of the molecule is CCOC(=O)C(C#N)C(Cc1ccc(N2CCOCC2)cc1)c1ccccc1. The molecule has 3 rings (SSSR count). The van der Waals surface area contributed by atoms with E-state index in [0.29, 0.717) is 6.42 Å². The molecule has 2 atom stereocenters. The quantitative estimate of drug-likeness (QED) is 0.690. The highest BCUT2D eigenvalue weighted by Crippen LogP contribution is 2.30. The highest BCUT2D eigenvalue weighted by Gasteiger charge is 2.31. The van der Waals surface area contributed by atoms with E-state index >= 15 is 0 Å². The van der Waals surface area contributed by atoms with E-state index in [0.717, 1.165) is 37.4 Å². The predicted octanol–water partition coefficient (Wildman–Crippen LogP) is 3.55. The smallest absolute Gasteiger partial charge is 0.323 e. The van der Waals surface area contributed by atoms with Crippen LogP contribution in [0.15, 0.2) is 54.6 Å². The minimum atomic E-state index is -0.832. The van der Waals surface area contributed by atoms with Gasteiger partial charge >= 0.3 is 5.97 Å². The van der Waals surface area contributed by atoms with Gasteiger partial charge in [0.15, 0.2) is 5.92 Å². The number of nitriles is 1. The van der Waals surface area contributed by atoms with Crippen molar-refractivity contribution in [3.8, 4) is 6.07 Å². The van der Waals surface area contributed by atoms with Gasteiger partial charge in [0.1, 0.15) is 0 Å². The lowest BCUT2D eigenvalue weighted by Crippen LogP contribution is -2.36. The van der Waals surface area contributed by atoms with Crippen LogP contribution in [0.2, 0.25) is 0 Å². The number of morpholine rings is 1. The van der Waals surface area contributed by atoms with Crippen molar-refractivity contribution in [3.63, 3.8) is 0 Å². The van der Waals surface area contributed by atoms with E-state index in [1.54, 1.807) is 6.92 Å². The summed E-state index contributed by atoms with van der Waals surface area (Å²) in [6.45, 7) is 5.32. The average molecular weight is 378 g/mol. The molecule has 1 aliphatic rings. The molecule has 0 N–H and O–H groups in total. The molecule has 1 fully saturated rings. The number of nitrogens with zero attached hydrogens (tertiary/aromatic N) is 2. The van der Waals surface area contributed by atoms with E-state index in [1.165, 1.54) is 5.69 Å². The maximum absolute atomic E-state index is 12.4. The molecular formula is C23H26N2O3. The minimum absolute atomic E-state index is 0.250. The molecule has 146 valence electrons. The Morgan fingerprint density at radius 1 is 1.14 bits per heavy atom. The van der Waals surface area contributed by atoms with Gasteiger partial charge in [-0.2, -0.15) is 5.26 Å². The fourth-order valence-corrected chi connectivity index (χ4v) is 3.59. The summed E-state index contributed by atoms with van der Waals surface area (Å²) in [6.07, 6.45) is 0.602. The Morgan fingerprint density at radius 3 is 2.43 bits per heavy atom. The van der Waals surface area contributed by atoms with Crippen LogP contribution in [-0.2, 0) is 20.7 Å². The van der Waals surface area contributed by atoms with Crippen molar-refractivity contribution in [1.82, 2.24) is 0 Å². The first-order chi connectivity index (χ1) is 13.7. The van der Waals surface area contributed by atoms with E-state index in [-0.39, 0.29) is 12.5 Å². The topological polar surface area (TPSA) is 62.6 Å². The molecule has 2 aromatic rings. The monoisotopic (exact) mass is 378 g/mol. The molecule has 2 unspecified atom stereocenters. The van der Waals surface area contributed by atoms with Crippen LogP contribution in [0, 0.1) is 17.2 Å². The van der Waals surface area contributed by atoms with Crippen molar-refractivity contribution in [2.45, 2.75) is 19.3 Å². The van der Waals surface area contributed by atoms with Crippen LogP contribution in [0.3, 0.4) is 0 Å². The van der Waals surface area contributed by atoms with Crippen LogP contribution in [0.5, 0.6) is 0 Å².